The molecule has 0 heterocycles. The fraction of sp³-hybridized carbons (Fsp3) is 0. The average molecular weight is 226 g/mol. The van der Waals surface area contributed by atoms with E-state index in [-0.39, 0.29) is 0 Å². The zero-order valence-electron chi connectivity index (χ0n) is 5.08. The average Bonchev–Trinajstić information content (AvgIpc) is 1.98. The van der Waals surface area contributed by atoms with Crippen LogP contribution in [0.25, 0.3) is 0 Å². The summed E-state index contributed by atoms with van der Waals surface area (Å²) in [6.07, 6.45) is -5.33. The molecule has 0 nitrogen and oxygen atoms in total. The Bertz CT molecular complexity index is 190. The van der Waals surface area contributed by atoms with Crippen molar-refractivity contribution in [1.29, 1.82) is 0 Å². The summed E-state index contributed by atoms with van der Waals surface area (Å²) in [5, 5.41) is -3.98. The molecule has 0 saturated heterocycles. The molecule has 0 aromatic rings. The SMILES string of the molecule is FC(F)=C(F)SSC(F)=C(F)F. The molecule has 0 fully saturated rings. The topological polar surface area (TPSA) is 0 Å². The highest BCUT2D eigenvalue weighted by molar-refractivity contribution is 8.79. The lowest BCUT2D eigenvalue weighted by atomic mass is 11.1. The van der Waals surface area contributed by atoms with Crippen molar-refractivity contribution < 1.29 is 26.3 Å². The molecule has 0 atom stereocenters. The van der Waals surface area contributed by atoms with Gasteiger partial charge in [-0.15, -0.1) is 0 Å². The van der Waals surface area contributed by atoms with E-state index >= 15 is 0 Å². The van der Waals surface area contributed by atoms with Gasteiger partial charge in [0.1, 0.15) is 0 Å². The van der Waals surface area contributed by atoms with Crippen LogP contribution in [0.3, 0.4) is 0 Å². The molecule has 0 rings (SSSR count). The van der Waals surface area contributed by atoms with Gasteiger partial charge in [0.05, 0.1) is 0 Å². The van der Waals surface area contributed by atoms with Crippen molar-refractivity contribution >= 4 is 21.6 Å². The molecule has 8 heteroatoms. The van der Waals surface area contributed by atoms with Crippen LogP contribution in [-0.4, -0.2) is 0 Å². The van der Waals surface area contributed by atoms with Gasteiger partial charge in [-0.2, -0.15) is 26.3 Å². The smallest absolute Gasteiger partial charge is 0.192 e. The van der Waals surface area contributed by atoms with Crippen molar-refractivity contribution in [1.82, 2.24) is 0 Å². The summed E-state index contributed by atoms with van der Waals surface area (Å²) in [7, 11) is -0.825. The maximum atomic E-state index is 11.8. The van der Waals surface area contributed by atoms with E-state index in [0.717, 1.165) is 0 Å². The summed E-state index contributed by atoms with van der Waals surface area (Å²) >= 11 is 0. The van der Waals surface area contributed by atoms with Crippen LogP contribution in [-0.2, 0) is 0 Å². The number of halogens is 6. The van der Waals surface area contributed by atoms with Crippen molar-refractivity contribution in [3.8, 4) is 0 Å². The maximum Gasteiger partial charge on any atom is 0.313 e. The van der Waals surface area contributed by atoms with E-state index in [1.807, 2.05) is 0 Å². The van der Waals surface area contributed by atoms with E-state index < -0.39 is 44.1 Å². The van der Waals surface area contributed by atoms with Gasteiger partial charge in [-0.25, -0.2) is 0 Å². The Balaban J connectivity index is 4.03. The van der Waals surface area contributed by atoms with Crippen LogP contribution >= 0.6 is 21.6 Å². The van der Waals surface area contributed by atoms with E-state index in [2.05, 4.69) is 0 Å². The number of hydrogen-bond donors (Lipinski definition) is 0. The van der Waals surface area contributed by atoms with Crippen molar-refractivity contribution in [2.45, 2.75) is 0 Å². The van der Waals surface area contributed by atoms with Crippen LogP contribution in [0.4, 0.5) is 26.3 Å². The van der Waals surface area contributed by atoms with Crippen LogP contribution in [0.1, 0.15) is 0 Å². The second-order valence-electron chi connectivity index (χ2n) is 1.23. The minimum absolute atomic E-state index is 0.412. The van der Waals surface area contributed by atoms with E-state index in [1.165, 1.54) is 0 Å². The van der Waals surface area contributed by atoms with Crippen LogP contribution in [0, 0.1) is 0 Å². The largest absolute Gasteiger partial charge is 0.313 e. The summed E-state index contributed by atoms with van der Waals surface area (Å²) in [5.74, 6) is 0. The Kier molecular flexibility index (Phi) is 5.31. The molecule has 0 aliphatic heterocycles. The van der Waals surface area contributed by atoms with Crippen molar-refractivity contribution in [2.24, 2.45) is 0 Å². The molecule has 0 N–H and O–H groups in total. The third-order valence-electron chi connectivity index (χ3n) is 0.485. The van der Waals surface area contributed by atoms with Gasteiger partial charge in [-0.3, -0.25) is 0 Å². The van der Waals surface area contributed by atoms with Gasteiger partial charge < -0.3 is 0 Å². The molecular weight excluding hydrogens is 226 g/mol. The lowest BCUT2D eigenvalue weighted by molar-refractivity contribution is 0.394. The summed E-state index contributed by atoms with van der Waals surface area (Å²) in [4.78, 5) is 0. The summed E-state index contributed by atoms with van der Waals surface area (Å²) in [6.45, 7) is 0. The highest BCUT2D eigenvalue weighted by Crippen LogP contribution is 2.40. The van der Waals surface area contributed by atoms with Gasteiger partial charge in [0.15, 0.2) is 0 Å². The van der Waals surface area contributed by atoms with Gasteiger partial charge in [0.2, 0.25) is 10.3 Å². The molecule has 0 spiro atoms. The Labute approximate surface area is 71.1 Å². The molecule has 0 saturated carbocycles. The van der Waals surface area contributed by atoms with Gasteiger partial charge in [0, 0.05) is 0 Å². The molecule has 0 radical (unpaired) electrons. The second kappa shape index (κ2) is 5.41. The molecular formula is C4F6S2. The zero-order valence-corrected chi connectivity index (χ0v) is 6.72. The Morgan fingerprint density at radius 1 is 0.583 bits per heavy atom. The fourth-order valence-corrected chi connectivity index (χ4v) is 1.23. The van der Waals surface area contributed by atoms with Crippen molar-refractivity contribution in [3.63, 3.8) is 0 Å². The Morgan fingerprint density at radius 3 is 1.00 bits per heavy atom. The molecule has 0 bridgehead atoms. The minimum Gasteiger partial charge on any atom is -0.192 e. The second-order valence-corrected chi connectivity index (χ2v) is 3.29. The van der Waals surface area contributed by atoms with Crippen LogP contribution in [0.2, 0.25) is 0 Å². The van der Waals surface area contributed by atoms with Crippen LogP contribution in [0.15, 0.2) is 22.5 Å². The zero-order chi connectivity index (χ0) is 9.72. The monoisotopic (exact) mass is 226 g/mol. The molecule has 70 valence electrons. The van der Waals surface area contributed by atoms with E-state index in [0.29, 0.717) is 0 Å². The number of hydrogen-bond acceptors (Lipinski definition) is 2. The van der Waals surface area contributed by atoms with Crippen molar-refractivity contribution in [2.75, 3.05) is 0 Å². The predicted molar refractivity (Wildman–Crippen MR) is 35.9 cm³/mol. The molecule has 0 amide bonds. The Hall–Kier alpha value is -0.240. The molecule has 0 aromatic heterocycles. The highest BCUT2D eigenvalue weighted by Gasteiger charge is 2.11. The van der Waals surface area contributed by atoms with Gasteiger partial charge in [-0.05, 0) is 21.6 Å². The molecule has 0 aromatic carbocycles. The van der Waals surface area contributed by atoms with Crippen LogP contribution in [0.5, 0.6) is 0 Å². The predicted octanol–water partition coefficient (Wildman–Crippen LogP) is 4.44. The maximum absolute atomic E-state index is 11.8. The summed E-state index contributed by atoms with van der Waals surface area (Å²) in [5.41, 5.74) is 0. The van der Waals surface area contributed by atoms with Crippen LogP contribution < -0.4 is 0 Å². The van der Waals surface area contributed by atoms with E-state index in [9.17, 15) is 26.3 Å². The van der Waals surface area contributed by atoms with E-state index in [4.69, 9.17) is 0 Å². The summed E-state index contributed by atoms with van der Waals surface area (Å²) < 4.78 is 68.5. The van der Waals surface area contributed by atoms with Gasteiger partial charge in [0.25, 0.3) is 0 Å². The molecule has 12 heavy (non-hydrogen) atoms. The van der Waals surface area contributed by atoms with Crippen molar-refractivity contribution in [3.05, 3.63) is 22.5 Å². The van der Waals surface area contributed by atoms with E-state index in [1.54, 1.807) is 0 Å². The quantitative estimate of drug-likeness (QED) is 0.515. The minimum atomic E-state index is -2.67. The lowest BCUT2D eigenvalue weighted by Crippen LogP contribution is -1.66. The molecule has 0 aliphatic rings. The molecule has 0 aliphatic carbocycles. The van der Waals surface area contributed by atoms with Gasteiger partial charge in [-0.1, -0.05) is 0 Å². The summed E-state index contributed by atoms with van der Waals surface area (Å²) in [6, 6.07) is 0. The fourth-order valence-electron chi connectivity index (χ4n) is 0.136. The van der Waals surface area contributed by atoms with Gasteiger partial charge >= 0.3 is 12.2 Å². The lowest BCUT2D eigenvalue weighted by Gasteiger charge is -1.92. The first-order chi connectivity index (χ1) is 5.45. The standard InChI is InChI=1S/C4F6S2/c5-1(6)3(9)11-12-4(10)2(7)8. The number of rotatable bonds is 3. The highest BCUT2D eigenvalue weighted by atomic mass is 33.1. The first-order valence-electron chi connectivity index (χ1n) is 2.21. The first-order valence-corrected chi connectivity index (χ1v) is 4.36. The third-order valence-corrected chi connectivity index (χ3v) is 2.30. The molecule has 0 unspecified atom stereocenters. The normalized spacial score (nSPS) is 9.50. The first kappa shape index (κ1) is 11.8. The third kappa shape index (κ3) is 4.60. The Morgan fingerprint density at radius 2 is 0.833 bits per heavy atom.